The Morgan fingerprint density at radius 3 is 2.83 bits per heavy atom. The predicted molar refractivity (Wildman–Crippen MR) is 88.7 cm³/mol. The smallest absolute Gasteiger partial charge is 0.242 e. The van der Waals surface area contributed by atoms with Gasteiger partial charge in [-0.3, -0.25) is 4.79 Å². The topological polar surface area (TPSA) is 77.0 Å². The Bertz CT molecular complexity index is 771. The highest BCUT2D eigenvalue weighted by molar-refractivity contribution is 6.30. The molecule has 1 aliphatic rings. The van der Waals surface area contributed by atoms with Crippen molar-refractivity contribution >= 4 is 23.2 Å². The fourth-order valence-corrected chi connectivity index (χ4v) is 2.76. The van der Waals surface area contributed by atoms with Gasteiger partial charge in [0, 0.05) is 16.8 Å². The van der Waals surface area contributed by atoms with Gasteiger partial charge in [-0.25, -0.2) is 10.9 Å². The lowest BCUT2D eigenvalue weighted by molar-refractivity contribution is -0.117. The van der Waals surface area contributed by atoms with E-state index in [2.05, 4.69) is 22.2 Å². The Morgan fingerprint density at radius 1 is 1.22 bits per heavy atom. The first kappa shape index (κ1) is 15.5. The number of benzene rings is 2. The van der Waals surface area contributed by atoms with E-state index in [1.165, 1.54) is 0 Å². The standard InChI is InChI=1S/C17H15ClN4O/c18-13-5-2-4-12(8-13)15-9-16(22-21-15)17(23)20-14-6-1-3-11(7-14)10-19/h1-8,15-16,21-22H,9H2,(H,20,23). The fraction of sp³-hybridized carbons (Fsp3) is 0.176. The molecule has 23 heavy (non-hydrogen) atoms. The van der Waals surface area contributed by atoms with Crippen molar-refractivity contribution in [3.05, 3.63) is 64.7 Å². The van der Waals surface area contributed by atoms with Gasteiger partial charge in [-0.15, -0.1) is 0 Å². The number of carbonyl (C=O) groups is 1. The number of halogens is 1. The number of hydrazine groups is 1. The number of rotatable bonds is 3. The van der Waals surface area contributed by atoms with Crippen LogP contribution in [0.2, 0.25) is 5.02 Å². The van der Waals surface area contributed by atoms with Crippen LogP contribution in [0.4, 0.5) is 5.69 Å². The Morgan fingerprint density at radius 2 is 2.04 bits per heavy atom. The average Bonchev–Trinajstić information content (AvgIpc) is 3.05. The van der Waals surface area contributed by atoms with Crippen molar-refractivity contribution in [2.24, 2.45) is 0 Å². The number of hydrogen-bond donors (Lipinski definition) is 3. The van der Waals surface area contributed by atoms with E-state index < -0.39 is 0 Å². The van der Waals surface area contributed by atoms with E-state index in [9.17, 15) is 4.79 Å². The van der Waals surface area contributed by atoms with Crippen LogP contribution in [0.5, 0.6) is 0 Å². The van der Waals surface area contributed by atoms with Crippen molar-refractivity contribution in [3.63, 3.8) is 0 Å². The molecule has 1 amide bonds. The molecule has 2 aromatic carbocycles. The molecular formula is C17H15ClN4O. The largest absolute Gasteiger partial charge is 0.325 e. The van der Waals surface area contributed by atoms with Gasteiger partial charge in [-0.1, -0.05) is 29.8 Å². The van der Waals surface area contributed by atoms with Gasteiger partial charge < -0.3 is 5.32 Å². The van der Waals surface area contributed by atoms with E-state index in [0.717, 1.165) is 5.56 Å². The highest BCUT2D eigenvalue weighted by Gasteiger charge is 2.30. The minimum absolute atomic E-state index is 0.0230. The van der Waals surface area contributed by atoms with Crippen LogP contribution in [0.15, 0.2) is 48.5 Å². The maximum absolute atomic E-state index is 12.3. The van der Waals surface area contributed by atoms with E-state index in [4.69, 9.17) is 16.9 Å². The van der Waals surface area contributed by atoms with Gasteiger partial charge in [-0.2, -0.15) is 5.26 Å². The van der Waals surface area contributed by atoms with Crippen LogP contribution in [0.3, 0.4) is 0 Å². The zero-order valence-electron chi connectivity index (χ0n) is 12.2. The van der Waals surface area contributed by atoms with Crippen LogP contribution >= 0.6 is 11.6 Å². The van der Waals surface area contributed by atoms with Crippen LogP contribution < -0.4 is 16.2 Å². The first-order valence-electron chi connectivity index (χ1n) is 7.23. The highest BCUT2D eigenvalue weighted by Crippen LogP contribution is 2.25. The van der Waals surface area contributed by atoms with Crippen molar-refractivity contribution < 1.29 is 4.79 Å². The van der Waals surface area contributed by atoms with Crippen LogP contribution in [0.1, 0.15) is 23.6 Å². The van der Waals surface area contributed by atoms with Crippen molar-refractivity contribution in [3.8, 4) is 6.07 Å². The third kappa shape index (κ3) is 3.69. The number of hydrogen-bond acceptors (Lipinski definition) is 4. The second-order valence-electron chi connectivity index (χ2n) is 5.37. The van der Waals surface area contributed by atoms with Crippen LogP contribution in [-0.2, 0) is 4.79 Å². The number of nitrogens with one attached hydrogen (secondary N) is 3. The average molecular weight is 327 g/mol. The molecule has 0 spiro atoms. The predicted octanol–water partition coefficient (Wildman–Crippen LogP) is 2.76. The molecule has 1 aliphatic heterocycles. The number of carbonyl (C=O) groups excluding carboxylic acids is 1. The summed E-state index contributed by atoms with van der Waals surface area (Å²) >= 11 is 6.00. The fourth-order valence-electron chi connectivity index (χ4n) is 2.57. The van der Waals surface area contributed by atoms with E-state index in [-0.39, 0.29) is 18.0 Å². The summed E-state index contributed by atoms with van der Waals surface area (Å²) in [6.45, 7) is 0. The lowest BCUT2D eigenvalue weighted by atomic mass is 10.0. The Kier molecular flexibility index (Phi) is 4.58. The third-order valence-electron chi connectivity index (χ3n) is 3.73. The zero-order valence-corrected chi connectivity index (χ0v) is 13.0. The van der Waals surface area contributed by atoms with E-state index in [1.807, 2.05) is 24.3 Å². The molecule has 5 nitrogen and oxygen atoms in total. The molecule has 6 heteroatoms. The second kappa shape index (κ2) is 6.80. The number of amides is 1. The van der Waals surface area contributed by atoms with Crippen LogP contribution in [-0.4, -0.2) is 11.9 Å². The molecule has 0 bridgehead atoms. The molecule has 2 aromatic rings. The molecule has 116 valence electrons. The maximum atomic E-state index is 12.3. The molecule has 3 N–H and O–H groups in total. The summed E-state index contributed by atoms with van der Waals surface area (Å²) in [4.78, 5) is 12.3. The molecule has 0 aromatic heterocycles. The molecule has 2 atom stereocenters. The minimum Gasteiger partial charge on any atom is -0.325 e. The third-order valence-corrected chi connectivity index (χ3v) is 3.97. The Labute approximate surface area is 139 Å². The first-order chi connectivity index (χ1) is 11.2. The summed E-state index contributed by atoms with van der Waals surface area (Å²) in [6, 6.07) is 16.1. The van der Waals surface area contributed by atoms with E-state index >= 15 is 0 Å². The zero-order chi connectivity index (χ0) is 16.2. The number of nitrogens with zero attached hydrogens (tertiary/aromatic N) is 1. The lowest BCUT2D eigenvalue weighted by Gasteiger charge is -2.11. The lowest BCUT2D eigenvalue weighted by Crippen LogP contribution is -2.39. The molecule has 0 saturated carbocycles. The summed E-state index contributed by atoms with van der Waals surface area (Å²) in [5.41, 5.74) is 8.28. The second-order valence-corrected chi connectivity index (χ2v) is 5.80. The van der Waals surface area contributed by atoms with Gasteiger partial charge in [0.25, 0.3) is 0 Å². The SMILES string of the molecule is N#Cc1cccc(NC(=O)C2CC(c3cccc(Cl)c3)NN2)c1. The van der Waals surface area contributed by atoms with Crippen molar-refractivity contribution in [1.29, 1.82) is 5.26 Å². The van der Waals surface area contributed by atoms with Gasteiger partial charge in [0.2, 0.25) is 5.91 Å². The van der Waals surface area contributed by atoms with E-state index in [0.29, 0.717) is 22.7 Å². The van der Waals surface area contributed by atoms with Crippen LogP contribution in [0, 0.1) is 11.3 Å². The summed E-state index contributed by atoms with van der Waals surface area (Å²) < 4.78 is 0. The van der Waals surface area contributed by atoms with Gasteiger partial charge in [-0.05, 0) is 42.3 Å². The molecule has 2 unspecified atom stereocenters. The summed E-state index contributed by atoms with van der Waals surface area (Å²) in [5.74, 6) is -0.142. The minimum atomic E-state index is -0.357. The van der Waals surface area contributed by atoms with Crippen molar-refractivity contribution in [1.82, 2.24) is 10.9 Å². The molecule has 1 saturated heterocycles. The first-order valence-corrected chi connectivity index (χ1v) is 7.61. The maximum Gasteiger partial charge on any atom is 0.242 e. The summed E-state index contributed by atoms with van der Waals surface area (Å²) in [7, 11) is 0. The normalized spacial score (nSPS) is 20.0. The molecule has 1 fully saturated rings. The van der Waals surface area contributed by atoms with E-state index in [1.54, 1.807) is 24.3 Å². The van der Waals surface area contributed by atoms with Crippen molar-refractivity contribution in [2.75, 3.05) is 5.32 Å². The monoisotopic (exact) mass is 326 g/mol. The molecule has 1 heterocycles. The summed E-state index contributed by atoms with van der Waals surface area (Å²) in [6.07, 6.45) is 0.615. The highest BCUT2D eigenvalue weighted by atomic mass is 35.5. The molecule has 3 rings (SSSR count). The van der Waals surface area contributed by atoms with Gasteiger partial charge in [0.1, 0.15) is 6.04 Å². The van der Waals surface area contributed by atoms with Gasteiger partial charge in [0.15, 0.2) is 0 Å². The molecule has 0 aliphatic carbocycles. The van der Waals surface area contributed by atoms with Gasteiger partial charge in [0.05, 0.1) is 11.6 Å². The molecular weight excluding hydrogens is 312 g/mol. The number of anilines is 1. The van der Waals surface area contributed by atoms with Gasteiger partial charge >= 0.3 is 0 Å². The molecule has 0 radical (unpaired) electrons. The van der Waals surface area contributed by atoms with Crippen LogP contribution in [0.25, 0.3) is 0 Å². The quantitative estimate of drug-likeness (QED) is 0.810. The Hall–Kier alpha value is -2.39. The van der Waals surface area contributed by atoms with Crippen molar-refractivity contribution in [2.45, 2.75) is 18.5 Å². The Balaban J connectivity index is 1.64. The number of nitriles is 1. The summed E-state index contributed by atoms with van der Waals surface area (Å²) in [5, 5.41) is 12.4.